The van der Waals surface area contributed by atoms with Gasteiger partial charge in [0.05, 0.1) is 27.3 Å². The van der Waals surface area contributed by atoms with Crippen molar-refractivity contribution in [2.24, 2.45) is 18.4 Å². The van der Waals surface area contributed by atoms with Crippen molar-refractivity contribution in [3.8, 4) is 6.07 Å². The lowest BCUT2D eigenvalue weighted by Crippen LogP contribution is -2.29. The highest BCUT2D eigenvalue weighted by molar-refractivity contribution is 9.10. The number of hydrogen-bond donors (Lipinski definition) is 0. The first-order chi connectivity index (χ1) is 9.01. The van der Waals surface area contributed by atoms with Crippen molar-refractivity contribution in [3.63, 3.8) is 0 Å². The lowest BCUT2D eigenvalue weighted by atomic mass is 9.68. The topological polar surface area (TPSA) is 41.6 Å². The van der Waals surface area contributed by atoms with Crippen LogP contribution in [0.25, 0.3) is 0 Å². The van der Waals surface area contributed by atoms with E-state index in [0.29, 0.717) is 5.92 Å². The van der Waals surface area contributed by atoms with Gasteiger partial charge in [0.1, 0.15) is 0 Å². The molecule has 2 atom stereocenters. The Bertz CT molecular complexity index is 500. The molecule has 19 heavy (non-hydrogen) atoms. The van der Waals surface area contributed by atoms with Crippen LogP contribution in [0.3, 0.4) is 0 Å². The summed E-state index contributed by atoms with van der Waals surface area (Å²) in [5, 5.41) is 14.2. The molecule has 2 unspecified atom stereocenters. The Balaban J connectivity index is 2.28. The van der Waals surface area contributed by atoms with E-state index in [1.54, 1.807) is 0 Å². The van der Waals surface area contributed by atoms with Crippen molar-refractivity contribution in [3.05, 3.63) is 15.9 Å². The molecule has 0 aliphatic heterocycles. The molecule has 0 spiro atoms. The molecule has 0 aromatic carbocycles. The molecule has 1 aliphatic rings. The number of nitriles is 1. The molecule has 1 aromatic heterocycles. The van der Waals surface area contributed by atoms with Crippen molar-refractivity contribution < 1.29 is 0 Å². The molecule has 0 bridgehead atoms. The molecular weight excluding hydrogens is 302 g/mol. The Morgan fingerprint density at radius 2 is 2.32 bits per heavy atom. The maximum Gasteiger partial charge on any atom is 0.0766 e. The first-order valence-electron chi connectivity index (χ1n) is 7.13. The van der Waals surface area contributed by atoms with E-state index in [9.17, 15) is 5.26 Å². The number of halogens is 1. The summed E-state index contributed by atoms with van der Waals surface area (Å²) in [6, 6.07) is 2.62. The highest BCUT2D eigenvalue weighted by Crippen LogP contribution is 2.42. The minimum absolute atomic E-state index is 0.195. The Labute approximate surface area is 124 Å². The zero-order valence-electron chi connectivity index (χ0n) is 12.0. The number of rotatable bonds is 3. The van der Waals surface area contributed by atoms with Crippen molar-refractivity contribution in [1.29, 1.82) is 5.26 Å². The van der Waals surface area contributed by atoms with Gasteiger partial charge in [-0.15, -0.1) is 0 Å². The standard InChI is InChI=1S/C15H22BrN3/c1-4-12-14(16)13(19(3)18-12)9-15(10-17)7-5-6-11(2)8-15/h11H,4-9H2,1-3H3. The number of nitrogens with zero attached hydrogens (tertiary/aromatic N) is 3. The lowest BCUT2D eigenvalue weighted by Gasteiger charge is -2.34. The predicted octanol–water partition coefficient (Wildman–Crippen LogP) is 4.01. The summed E-state index contributed by atoms with van der Waals surface area (Å²) in [4.78, 5) is 0. The van der Waals surface area contributed by atoms with Gasteiger partial charge in [-0.2, -0.15) is 10.4 Å². The van der Waals surface area contributed by atoms with E-state index < -0.39 is 0 Å². The van der Waals surface area contributed by atoms with Crippen molar-refractivity contribution in [2.75, 3.05) is 0 Å². The summed E-state index contributed by atoms with van der Waals surface area (Å²) < 4.78 is 3.05. The third-order valence-corrected chi connectivity index (χ3v) is 5.25. The van der Waals surface area contributed by atoms with Gasteiger partial charge in [-0.3, -0.25) is 4.68 Å². The molecular formula is C15H22BrN3. The molecule has 0 radical (unpaired) electrons. The van der Waals surface area contributed by atoms with Crippen LogP contribution in [0, 0.1) is 22.7 Å². The van der Waals surface area contributed by atoms with E-state index in [0.717, 1.165) is 35.8 Å². The first-order valence-corrected chi connectivity index (χ1v) is 7.92. The molecule has 1 saturated carbocycles. The second kappa shape index (κ2) is 5.66. The second-order valence-electron chi connectivity index (χ2n) is 5.95. The molecule has 104 valence electrons. The molecule has 0 N–H and O–H groups in total. The van der Waals surface area contributed by atoms with Gasteiger partial charge in [0.25, 0.3) is 0 Å². The third-order valence-electron chi connectivity index (χ3n) is 4.34. The summed E-state index contributed by atoms with van der Waals surface area (Å²) in [5.41, 5.74) is 2.07. The van der Waals surface area contributed by atoms with Crippen LogP contribution in [0.2, 0.25) is 0 Å². The highest BCUT2D eigenvalue weighted by atomic mass is 79.9. The molecule has 0 amide bonds. The predicted molar refractivity (Wildman–Crippen MR) is 79.7 cm³/mol. The van der Waals surface area contributed by atoms with Crippen molar-refractivity contribution in [2.45, 2.75) is 52.4 Å². The van der Waals surface area contributed by atoms with Gasteiger partial charge in [0, 0.05) is 13.5 Å². The van der Waals surface area contributed by atoms with Gasteiger partial charge in [0.15, 0.2) is 0 Å². The average molecular weight is 324 g/mol. The maximum atomic E-state index is 9.67. The van der Waals surface area contributed by atoms with Crippen LogP contribution in [-0.2, 0) is 19.9 Å². The van der Waals surface area contributed by atoms with E-state index in [-0.39, 0.29) is 5.41 Å². The lowest BCUT2D eigenvalue weighted by molar-refractivity contribution is 0.206. The van der Waals surface area contributed by atoms with Crippen molar-refractivity contribution >= 4 is 15.9 Å². The smallest absolute Gasteiger partial charge is 0.0766 e. The zero-order chi connectivity index (χ0) is 14.0. The van der Waals surface area contributed by atoms with Crippen LogP contribution in [0.1, 0.15) is 50.9 Å². The summed E-state index contributed by atoms with van der Waals surface area (Å²) in [7, 11) is 1.98. The van der Waals surface area contributed by atoms with Gasteiger partial charge in [-0.1, -0.05) is 26.7 Å². The summed E-state index contributed by atoms with van der Waals surface area (Å²) in [6.07, 6.45) is 6.21. The first kappa shape index (κ1) is 14.6. The molecule has 3 nitrogen and oxygen atoms in total. The number of aromatic nitrogens is 2. The largest absolute Gasteiger partial charge is 0.271 e. The Hall–Kier alpha value is -0.820. The van der Waals surface area contributed by atoms with Crippen LogP contribution >= 0.6 is 15.9 Å². The molecule has 4 heteroatoms. The van der Waals surface area contributed by atoms with Gasteiger partial charge in [-0.25, -0.2) is 0 Å². The third kappa shape index (κ3) is 2.86. The van der Waals surface area contributed by atoms with E-state index in [2.05, 4.69) is 40.9 Å². The summed E-state index contributed by atoms with van der Waals surface area (Å²) >= 11 is 3.66. The van der Waals surface area contributed by atoms with Crippen LogP contribution in [-0.4, -0.2) is 9.78 Å². The Morgan fingerprint density at radius 1 is 1.58 bits per heavy atom. The maximum absolute atomic E-state index is 9.67. The fourth-order valence-electron chi connectivity index (χ4n) is 3.29. The average Bonchev–Trinajstić information content (AvgIpc) is 2.66. The van der Waals surface area contributed by atoms with Crippen LogP contribution in [0.4, 0.5) is 0 Å². The van der Waals surface area contributed by atoms with Gasteiger partial charge in [-0.05, 0) is 41.1 Å². The minimum atomic E-state index is -0.195. The van der Waals surface area contributed by atoms with E-state index in [4.69, 9.17) is 0 Å². The fraction of sp³-hybridized carbons (Fsp3) is 0.733. The second-order valence-corrected chi connectivity index (χ2v) is 6.75. The van der Waals surface area contributed by atoms with Gasteiger partial charge in [0.2, 0.25) is 0 Å². The fourth-order valence-corrected chi connectivity index (χ4v) is 4.05. The monoisotopic (exact) mass is 323 g/mol. The summed E-state index contributed by atoms with van der Waals surface area (Å²) in [6.45, 7) is 4.38. The van der Waals surface area contributed by atoms with E-state index in [1.807, 2.05) is 11.7 Å². The quantitative estimate of drug-likeness (QED) is 0.843. The molecule has 2 rings (SSSR count). The molecule has 1 fully saturated rings. The molecule has 1 aromatic rings. The van der Waals surface area contributed by atoms with Crippen molar-refractivity contribution in [1.82, 2.24) is 9.78 Å². The number of hydrogen-bond acceptors (Lipinski definition) is 2. The van der Waals surface area contributed by atoms with E-state index in [1.165, 1.54) is 18.5 Å². The minimum Gasteiger partial charge on any atom is -0.271 e. The summed E-state index contributed by atoms with van der Waals surface area (Å²) in [5.74, 6) is 0.658. The number of aryl methyl sites for hydroxylation is 2. The molecule has 0 saturated heterocycles. The Kier molecular flexibility index (Phi) is 4.35. The van der Waals surface area contributed by atoms with Crippen LogP contribution in [0.5, 0.6) is 0 Å². The molecule has 1 aliphatic carbocycles. The molecule has 1 heterocycles. The SMILES string of the molecule is CCc1nn(C)c(CC2(C#N)CCCC(C)C2)c1Br. The van der Waals surface area contributed by atoms with Gasteiger partial charge < -0.3 is 0 Å². The normalized spacial score (nSPS) is 27.2. The highest BCUT2D eigenvalue weighted by Gasteiger charge is 2.37. The Morgan fingerprint density at radius 3 is 2.84 bits per heavy atom. The van der Waals surface area contributed by atoms with Crippen LogP contribution in [0.15, 0.2) is 4.47 Å². The van der Waals surface area contributed by atoms with Gasteiger partial charge >= 0.3 is 0 Å². The zero-order valence-corrected chi connectivity index (χ0v) is 13.6. The van der Waals surface area contributed by atoms with E-state index >= 15 is 0 Å². The van der Waals surface area contributed by atoms with Crippen LogP contribution < -0.4 is 0 Å².